The number of fused-ring (bicyclic) bond motifs is 2. The number of ketones is 1. The number of benzene rings is 2. The molecule has 1 atom stereocenters. The van der Waals surface area contributed by atoms with E-state index in [1.807, 2.05) is 26.2 Å². The molecule has 0 unspecified atom stereocenters. The van der Waals surface area contributed by atoms with Gasteiger partial charge in [0.2, 0.25) is 6.79 Å². The fourth-order valence-corrected chi connectivity index (χ4v) is 4.72. The minimum absolute atomic E-state index is 0.0455. The Bertz CT molecular complexity index is 1030. The zero-order valence-electron chi connectivity index (χ0n) is 17.3. The number of hydrogen-bond acceptors (Lipinski definition) is 5. The number of carbonyl (C=O) groups is 1. The van der Waals surface area contributed by atoms with Crippen LogP contribution >= 0.6 is 0 Å². The van der Waals surface area contributed by atoms with Gasteiger partial charge in [0.05, 0.1) is 0 Å². The summed E-state index contributed by atoms with van der Waals surface area (Å²) in [5, 5.41) is 3.56. The Morgan fingerprint density at radius 3 is 2.41 bits per heavy atom. The minimum Gasteiger partial charge on any atom is -0.454 e. The average molecular weight is 390 g/mol. The van der Waals surface area contributed by atoms with Gasteiger partial charge in [-0.2, -0.15) is 0 Å². The summed E-state index contributed by atoms with van der Waals surface area (Å²) < 4.78 is 11.2. The lowest BCUT2D eigenvalue weighted by molar-refractivity contribution is -0.118. The number of anilines is 2. The summed E-state index contributed by atoms with van der Waals surface area (Å²) in [6.07, 6.45) is 1.42. The van der Waals surface area contributed by atoms with Crippen molar-refractivity contribution in [3.63, 3.8) is 0 Å². The lowest BCUT2D eigenvalue weighted by Crippen LogP contribution is -2.33. The number of rotatable bonds is 2. The summed E-state index contributed by atoms with van der Waals surface area (Å²) in [5.41, 5.74) is 6.22. The Balaban J connectivity index is 1.69. The number of carbonyl (C=O) groups excluding carboxylic acids is 1. The first-order chi connectivity index (χ1) is 13.8. The third kappa shape index (κ3) is 2.96. The van der Waals surface area contributed by atoms with Crippen molar-refractivity contribution < 1.29 is 14.3 Å². The van der Waals surface area contributed by atoms with Crippen LogP contribution in [0.1, 0.15) is 43.7 Å². The third-order valence-corrected chi connectivity index (χ3v) is 6.09. The highest BCUT2D eigenvalue weighted by atomic mass is 16.7. The highest BCUT2D eigenvalue weighted by Crippen LogP contribution is 2.51. The van der Waals surface area contributed by atoms with E-state index in [4.69, 9.17) is 9.47 Å². The van der Waals surface area contributed by atoms with Crippen molar-refractivity contribution in [3.05, 3.63) is 58.8 Å². The standard InChI is InChI=1S/C24H26N2O3/c1-24(2)11-18-23(19(27)12-24)22(14-5-7-15(8-6-14)26(3)4)16-9-20-21(29-13-28-20)10-17(16)25-18/h5-10,22,25H,11-13H2,1-4H3/t22-/m0/s1. The normalized spacial score (nSPS) is 21.4. The van der Waals surface area contributed by atoms with Gasteiger partial charge in [0.1, 0.15) is 0 Å². The van der Waals surface area contributed by atoms with Crippen molar-refractivity contribution >= 4 is 17.2 Å². The van der Waals surface area contributed by atoms with E-state index >= 15 is 0 Å². The van der Waals surface area contributed by atoms with Gasteiger partial charge < -0.3 is 19.7 Å². The molecule has 2 aromatic carbocycles. The van der Waals surface area contributed by atoms with E-state index in [-0.39, 0.29) is 23.9 Å². The first-order valence-corrected chi connectivity index (χ1v) is 10.1. The molecule has 5 nitrogen and oxygen atoms in total. The van der Waals surface area contributed by atoms with Crippen molar-refractivity contribution in [3.8, 4) is 11.5 Å². The molecular formula is C24H26N2O3. The smallest absolute Gasteiger partial charge is 0.231 e. The molecule has 0 saturated heterocycles. The molecule has 5 rings (SSSR count). The molecule has 0 spiro atoms. The van der Waals surface area contributed by atoms with E-state index in [9.17, 15) is 4.79 Å². The molecule has 2 aromatic rings. The second-order valence-corrected chi connectivity index (χ2v) is 9.17. The molecule has 0 saturated carbocycles. The van der Waals surface area contributed by atoms with Crippen LogP contribution in [-0.4, -0.2) is 26.7 Å². The van der Waals surface area contributed by atoms with E-state index in [1.54, 1.807) is 0 Å². The Labute approximate surface area is 171 Å². The van der Waals surface area contributed by atoms with Gasteiger partial charge in [-0.05, 0) is 41.2 Å². The zero-order valence-corrected chi connectivity index (χ0v) is 17.3. The number of allylic oxidation sites excluding steroid dienone is 2. The number of ether oxygens (including phenoxy) is 2. The minimum atomic E-state index is -0.101. The summed E-state index contributed by atoms with van der Waals surface area (Å²) in [5.74, 6) is 1.63. The fourth-order valence-electron chi connectivity index (χ4n) is 4.72. The van der Waals surface area contributed by atoms with Crippen LogP contribution in [0.2, 0.25) is 0 Å². The third-order valence-electron chi connectivity index (χ3n) is 6.09. The predicted octanol–water partition coefficient (Wildman–Crippen LogP) is 4.68. The van der Waals surface area contributed by atoms with Crippen LogP contribution in [-0.2, 0) is 4.79 Å². The Morgan fingerprint density at radius 1 is 1.03 bits per heavy atom. The zero-order chi connectivity index (χ0) is 20.3. The monoisotopic (exact) mass is 390 g/mol. The molecule has 2 heterocycles. The van der Waals surface area contributed by atoms with E-state index in [2.05, 4.69) is 48.3 Å². The molecule has 2 aliphatic heterocycles. The summed E-state index contributed by atoms with van der Waals surface area (Å²) in [4.78, 5) is 15.4. The lowest BCUT2D eigenvalue weighted by Gasteiger charge is -2.39. The SMILES string of the molecule is CN(C)c1ccc([C@@H]2C3=C(CC(C)(C)CC3=O)Nc3cc4c(cc32)OCO4)cc1. The molecule has 0 radical (unpaired) electrons. The Kier molecular flexibility index (Phi) is 3.92. The van der Waals surface area contributed by atoms with Gasteiger partial charge in [-0.1, -0.05) is 26.0 Å². The van der Waals surface area contributed by atoms with Gasteiger partial charge in [-0.3, -0.25) is 4.79 Å². The highest BCUT2D eigenvalue weighted by molar-refractivity contribution is 6.01. The molecular weight excluding hydrogens is 364 g/mol. The molecule has 150 valence electrons. The van der Waals surface area contributed by atoms with Crippen molar-refractivity contribution in [2.45, 2.75) is 32.6 Å². The predicted molar refractivity (Wildman–Crippen MR) is 114 cm³/mol. The van der Waals surface area contributed by atoms with Crippen LogP contribution in [0.15, 0.2) is 47.7 Å². The topological polar surface area (TPSA) is 50.8 Å². The van der Waals surface area contributed by atoms with Gasteiger partial charge in [-0.15, -0.1) is 0 Å². The Morgan fingerprint density at radius 2 is 1.72 bits per heavy atom. The van der Waals surface area contributed by atoms with Gasteiger partial charge in [0, 0.05) is 55.1 Å². The number of hydrogen-bond donors (Lipinski definition) is 1. The maximum Gasteiger partial charge on any atom is 0.231 e. The molecule has 5 heteroatoms. The van der Waals surface area contributed by atoms with Crippen molar-refractivity contribution in [2.75, 3.05) is 31.1 Å². The summed E-state index contributed by atoms with van der Waals surface area (Å²) >= 11 is 0. The highest BCUT2D eigenvalue weighted by Gasteiger charge is 2.41. The molecule has 0 bridgehead atoms. The first-order valence-electron chi connectivity index (χ1n) is 10.1. The summed E-state index contributed by atoms with van der Waals surface area (Å²) in [7, 11) is 4.06. The quantitative estimate of drug-likeness (QED) is 0.807. The number of Topliss-reactive ketones (excluding diaryl/α,β-unsaturated/α-hetero) is 1. The van der Waals surface area contributed by atoms with Gasteiger partial charge in [0.15, 0.2) is 17.3 Å². The number of nitrogens with one attached hydrogen (secondary N) is 1. The molecule has 29 heavy (non-hydrogen) atoms. The second kappa shape index (κ2) is 6.28. The molecule has 1 N–H and O–H groups in total. The van der Waals surface area contributed by atoms with Crippen LogP contribution in [0.4, 0.5) is 11.4 Å². The first kappa shape index (κ1) is 18.1. The van der Waals surface area contributed by atoms with Gasteiger partial charge in [-0.25, -0.2) is 0 Å². The average Bonchev–Trinajstić information content (AvgIpc) is 3.11. The molecule has 3 aliphatic rings. The van der Waals surface area contributed by atoms with Crippen LogP contribution in [0.3, 0.4) is 0 Å². The van der Waals surface area contributed by atoms with Crippen molar-refractivity contribution in [1.82, 2.24) is 0 Å². The maximum absolute atomic E-state index is 13.3. The van der Waals surface area contributed by atoms with E-state index in [0.717, 1.165) is 51.7 Å². The fraction of sp³-hybridized carbons (Fsp3) is 0.375. The van der Waals surface area contributed by atoms with Crippen molar-refractivity contribution in [2.24, 2.45) is 5.41 Å². The summed E-state index contributed by atoms with van der Waals surface area (Å²) in [6, 6.07) is 12.5. The van der Waals surface area contributed by atoms with E-state index in [1.165, 1.54) is 0 Å². The second-order valence-electron chi connectivity index (χ2n) is 9.17. The molecule has 0 fully saturated rings. The van der Waals surface area contributed by atoms with Crippen molar-refractivity contribution in [1.29, 1.82) is 0 Å². The maximum atomic E-state index is 13.3. The molecule has 0 amide bonds. The molecule has 1 aliphatic carbocycles. The van der Waals surface area contributed by atoms with E-state index < -0.39 is 0 Å². The van der Waals surface area contributed by atoms with Crippen LogP contribution < -0.4 is 19.7 Å². The number of nitrogens with zero attached hydrogens (tertiary/aromatic N) is 1. The lowest BCUT2D eigenvalue weighted by atomic mass is 9.68. The summed E-state index contributed by atoms with van der Waals surface area (Å²) in [6.45, 7) is 4.55. The van der Waals surface area contributed by atoms with Gasteiger partial charge >= 0.3 is 0 Å². The molecule has 0 aromatic heterocycles. The Hall–Kier alpha value is -2.95. The largest absolute Gasteiger partial charge is 0.454 e. The van der Waals surface area contributed by atoms with Crippen LogP contribution in [0.25, 0.3) is 0 Å². The van der Waals surface area contributed by atoms with Gasteiger partial charge in [0.25, 0.3) is 0 Å². The van der Waals surface area contributed by atoms with Crippen LogP contribution in [0.5, 0.6) is 11.5 Å². The van der Waals surface area contributed by atoms with Crippen LogP contribution in [0, 0.1) is 5.41 Å². The van der Waals surface area contributed by atoms with E-state index in [0.29, 0.717) is 6.42 Å².